The van der Waals surface area contributed by atoms with Gasteiger partial charge in [0.15, 0.2) is 6.10 Å². The SMILES string of the molecule is O=C(O)C1CN(c2cccc(Br)c2)CCO1. The molecule has 1 N–H and O–H groups in total. The van der Waals surface area contributed by atoms with Crippen molar-refractivity contribution < 1.29 is 14.6 Å². The number of nitrogens with zero attached hydrogens (tertiary/aromatic N) is 1. The summed E-state index contributed by atoms with van der Waals surface area (Å²) in [5.41, 5.74) is 1.02. The van der Waals surface area contributed by atoms with E-state index in [1.807, 2.05) is 29.2 Å². The number of hydrogen-bond donors (Lipinski definition) is 1. The van der Waals surface area contributed by atoms with Gasteiger partial charge in [0, 0.05) is 16.7 Å². The van der Waals surface area contributed by atoms with Crippen molar-refractivity contribution >= 4 is 27.6 Å². The Morgan fingerprint density at radius 2 is 2.38 bits per heavy atom. The van der Waals surface area contributed by atoms with Crippen LogP contribution in [0.1, 0.15) is 0 Å². The Balaban J connectivity index is 2.12. The first-order valence-corrected chi connectivity index (χ1v) is 5.81. The molecule has 1 aromatic carbocycles. The minimum absolute atomic E-state index is 0.395. The summed E-state index contributed by atoms with van der Waals surface area (Å²) in [5, 5.41) is 8.90. The molecule has 1 atom stereocenters. The van der Waals surface area contributed by atoms with Crippen LogP contribution >= 0.6 is 15.9 Å². The molecule has 0 saturated carbocycles. The number of ether oxygens (including phenoxy) is 1. The van der Waals surface area contributed by atoms with E-state index in [0.29, 0.717) is 13.2 Å². The molecule has 0 amide bonds. The van der Waals surface area contributed by atoms with Crippen LogP contribution < -0.4 is 4.90 Å². The average Bonchev–Trinajstić information content (AvgIpc) is 2.29. The van der Waals surface area contributed by atoms with Gasteiger partial charge in [0.1, 0.15) is 0 Å². The Morgan fingerprint density at radius 3 is 3.06 bits per heavy atom. The van der Waals surface area contributed by atoms with Gasteiger partial charge in [0.2, 0.25) is 0 Å². The summed E-state index contributed by atoms with van der Waals surface area (Å²) >= 11 is 3.40. The number of halogens is 1. The van der Waals surface area contributed by atoms with Crippen molar-refractivity contribution in [1.29, 1.82) is 0 Å². The first-order valence-electron chi connectivity index (χ1n) is 5.02. The van der Waals surface area contributed by atoms with E-state index < -0.39 is 12.1 Å². The third-order valence-electron chi connectivity index (χ3n) is 2.52. The van der Waals surface area contributed by atoms with Crippen LogP contribution in [0.5, 0.6) is 0 Å². The summed E-state index contributed by atoms with van der Waals surface area (Å²) in [6, 6.07) is 7.82. The highest BCUT2D eigenvalue weighted by molar-refractivity contribution is 9.10. The van der Waals surface area contributed by atoms with Crippen molar-refractivity contribution in [3.05, 3.63) is 28.7 Å². The predicted octanol–water partition coefficient (Wildman–Crippen LogP) is 1.74. The highest BCUT2D eigenvalue weighted by Crippen LogP contribution is 2.21. The number of morpholine rings is 1. The van der Waals surface area contributed by atoms with E-state index in [4.69, 9.17) is 9.84 Å². The van der Waals surface area contributed by atoms with Gasteiger partial charge >= 0.3 is 5.97 Å². The third-order valence-corrected chi connectivity index (χ3v) is 3.01. The molecule has 0 aliphatic carbocycles. The first-order chi connectivity index (χ1) is 7.66. The summed E-state index contributed by atoms with van der Waals surface area (Å²) in [6.45, 7) is 1.56. The number of rotatable bonds is 2. The maximum Gasteiger partial charge on any atom is 0.334 e. The molecule has 1 aliphatic heterocycles. The van der Waals surface area contributed by atoms with Crippen LogP contribution in [0.2, 0.25) is 0 Å². The van der Waals surface area contributed by atoms with Crippen molar-refractivity contribution in [2.24, 2.45) is 0 Å². The summed E-state index contributed by atoms with van der Waals surface area (Å²) in [5.74, 6) is -0.903. The van der Waals surface area contributed by atoms with Crippen molar-refractivity contribution in [3.63, 3.8) is 0 Å². The molecule has 4 nitrogen and oxygen atoms in total. The molecule has 2 rings (SSSR count). The predicted molar refractivity (Wildman–Crippen MR) is 63.7 cm³/mol. The van der Waals surface area contributed by atoms with Gasteiger partial charge in [-0.25, -0.2) is 4.79 Å². The number of carbonyl (C=O) groups is 1. The molecule has 5 heteroatoms. The van der Waals surface area contributed by atoms with Gasteiger partial charge in [-0.05, 0) is 18.2 Å². The van der Waals surface area contributed by atoms with E-state index in [0.717, 1.165) is 16.7 Å². The van der Waals surface area contributed by atoms with E-state index in [9.17, 15) is 4.79 Å². The lowest BCUT2D eigenvalue weighted by molar-refractivity contribution is -0.150. The standard InChI is InChI=1S/C11H12BrNO3/c12-8-2-1-3-9(6-8)13-4-5-16-10(7-13)11(14)15/h1-3,6,10H,4-5,7H2,(H,14,15). The lowest BCUT2D eigenvalue weighted by atomic mass is 10.2. The third kappa shape index (κ3) is 2.54. The topological polar surface area (TPSA) is 49.8 Å². The van der Waals surface area contributed by atoms with Crippen LogP contribution in [-0.2, 0) is 9.53 Å². The lowest BCUT2D eigenvalue weighted by Crippen LogP contribution is -2.46. The van der Waals surface area contributed by atoms with Crippen LogP contribution in [0, 0.1) is 0 Å². The monoisotopic (exact) mass is 285 g/mol. The minimum atomic E-state index is -0.903. The fourth-order valence-electron chi connectivity index (χ4n) is 1.71. The Kier molecular flexibility index (Phi) is 3.46. The zero-order valence-corrected chi connectivity index (χ0v) is 10.2. The molecule has 0 radical (unpaired) electrons. The van der Waals surface area contributed by atoms with Crippen molar-refractivity contribution in [2.45, 2.75) is 6.10 Å². The van der Waals surface area contributed by atoms with Gasteiger partial charge in [0.05, 0.1) is 13.2 Å². The molecule has 1 saturated heterocycles. The lowest BCUT2D eigenvalue weighted by Gasteiger charge is -2.32. The highest BCUT2D eigenvalue weighted by atomic mass is 79.9. The van der Waals surface area contributed by atoms with Gasteiger partial charge < -0.3 is 14.7 Å². The van der Waals surface area contributed by atoms with Gasteiger partial charge in [-0.15, -0.1) is 0 Å². The molecule has 1 fully saturated rings. The molecule has 0 aromatic heterocycles. The zero-order valence-electron chi connectivity index (χ0n) is 8.60. The van der Waals surface area contributed by atoms with Crippen molar-refractivity contribution in [2.75, 3.05) is 24.6 Å². The number of aliphatic carboxylic acids is 1. The maximum atomic E-state index is 10.8. The minimum Gasteiger partial charge on any atom is -0.479 e. The van der Waals surface area contributed by atoms with E-state index in [2.05, 4.69) is 15.9 Å². The summed E-state index contributed by atoms with van der Waals surface area (Å²) in [6.07, 6.45) is -0.729. The number of carboxylic acid groups (broad SMARTS) is 1. The number of hydrogen-bond acceptors (Lipinski definition) is 3. The highest BCUT2D eigenvalue weighted by Gasteiger charge is 2.26. The summed E-state index contributed by atoms with van der Waals surface area (Å²) in [4.78, 5) is 12.9. The average molecular weight is 286 g/mol. The fraction of sp³-hybridized carbons (Fsp3) is 0.364. The van der Waals surface area contributed by atoms with Crippen LogP contribution in [0.15, 0.2) is 28.7 Å². The zero-order chi connectivity index (χ0) is 11.5. The molecule has 16 heavy (non-hydrogen) atoms. The Morgan fingerprint density at radius 1 is 1.56 bits per heavy atom. The number of benzene rings is 1. The quantitative estimate of drug-likeness (QED) is 0.899. The molecule has 0 spiro atoms. The van der Waals surface area contributed by atoms with Crippen LogP contribution in [0.4, 0.5) is 5.69 Å². The van der Waals surface area contributed by atoms with Crippen LogP contribution in [0.3, 0.4) is 0 Å². The van der Waals surface area contributed by atoms with E-state index in [-0.39, 0.29) is 0 Å². The number of anilines is 1. The van der Waals surface area contributed by atoms with Gasteiger partial charge in [0.25, 0.3) is 0 Å². The first kappa shape index (κ1) is 11.4. The second-order valence-corrected chi connectivity index (χ2v) is 4.54. The second kappa shape index (κ2) is 4.84. The van der Waals surface area contributed by atoms with Gasteiger partial charge in [-0.3, -0.25) is 0 Å². The molecular formula is C11H12BrNO3. The Hall–Kier alpha value is -1.07. The molecule has 1 aromatic rings. The molecule has 1 heterocycles. The molecule has 1 aliphatic rings. The van der Waals surface area contributed by atoms with Crippen LogP contribution in [0.25, 0.3) is 0 Å². The summed E-state index contributed by atoms with van der Waals surface area (Å²) < 4.78 is 6.16. The van der Waals surface area contributed by atoms with E-state index >= 15 is 0 Å². The molecule has 86 valence electrons. The number of carboxylic acids is 1. The molecule has 0 bridgehead atoms. The van der Waals surface area contributed by atoms with Crippen molar-refractivity contribution in [1.82, 2.24) is 0 Å². The largest absolute Gasteiger partial charge is 0.479 e. The van der Waals surface area contributed by atoms with Crippen LogP contribution in [-0.4, -0.2) is 36.9 Å². The van der Waals surface area contributed by atoms with E-state index in [1.165, 1.54) is 0 Å². The fourth-order valence-corrected chi connectivity index (χ4v) is 2.09. The van der Waals surface area contributed by atoms with Gasteiger partial charge in [-0.2, -0.15) is 0 Å². The summed E-state index contributed by atoms with van der Waals surface area (Å²) in [7, 11) is 0. The molecule has 1 unspecified atom stereocenters. The molecular weight excluding hydrogens is 274 g/mol. The maximum absolute atomic E-state index is 10.8. The Labute approximate surface area is 102 Å². The normalized spacial score (nSPS) is 20.8. The van der Waals surface area contributed by atoms with E-state index in [1.54, 1.807) is 0 Å². The van der Waals surface area contributed by atoms with Gasteiger partial charge in [-0.1, -0.05) is 22.0 Å². The Bertz CT molecular complexity index is 397. The smallest absolute Gasteiger partial charge is 0.334 e. The van der Waals surface area contributed by atoms with Crippen molar-refractivity contribution in [3.8, 4) is 0 Å². The second-order valence-electron chi connectivity index (χ2n) is 3.62.